The van der Waals surface area contributed by atoms with Crippen molar-refractivity contribution in [2.45, 2.75) is 53.6 Å². The second-order valence-corrected chi connectivity index (χ2v) is 9.16. The maximum absolute atomic E-state index is 12.3. The van der Waals surface area contributed by atoms with E-state index in [1.165, 1.54) is 0 Å². The summed E-state index contributed by atoms with van der Waals surface area (Å²) >= 11 is 0. The fourth-order valence-corrected chi connectivity index (χ4v) is 2.88. The zero-order valence-corrected chi connectivity index (χ0v) is 17.0. The summed E-state index contributed by atoms with van der Waals surface area (Å²) in [5, 5.41) is 3.38. The SMILES string of the molecule is CC(C)(C)CC(=O)CN1CCNCCN(CC(=O)OC(C)(C)C)CC1. The summed E-state index contributed by atoms with van der Waals surface area (Å²) in [7, 11) is 0. The summed E-state index contributed by atoms with van der Waals surface area (Å²) in [6.07, 6.45) is 0.596. The number of carbonyl (C=O) groups is 2. The first-order chi connectivity index (χ1) is 11.4. The van der Waals surface area contributed by atoms with E-state index in [9.17, 15) is 9.59 Å². The van der Waals surface area contributed by atoms with Crippen LogP contribution in [0.4, 0.5) is 0 Å². The first-order valence-corrected chi connectivity index (χ1v) is 9.34. The smallest absolute Gasteiger partial charge is 0.320 e. The van der Waals surface area contributed by atoms with E-state index in [-0.39, 0.29) is 17.2 Å². The molecule has 0 atom stereocenters. The van der Waals surface area contributed by atoms with Gasteiger partial charge in [0.15, 0.2) is 0 Å². The molecule has 0 radical (unpaired) electrons. The molecule has 0 saturated carbocycles. The van der Waals surface area contributed by atoms with E-state index in [2.05, 4.69) is 35.9 Å². The summed E-state index contributed by atoms with van der Waals surface area (Å²) in [5.41, 5.74) is -0.432. The van der Waals surface area contributed by atoms with Crippen molar-refractivity contribution in [3.05, 3.63) is 0 Å². The normalized spacial score (nSPS) is 19.0. The molecule has 0 spiro atoms. The molecule has 1 aliphatic heterocycles. The van der Waals surface area contributed by atoms with Gasteiger partial charge in [0, 0.05) is 45.7 Å². The summed E-state index contributed by atoms with van der Waals surface area (Å²) in [6.45, 7) is 17.6. The Morgan fingerprint density at radius 3 is 1.88 bits per heavy atom. The van der Waals surface area contributed by atoms with Crippen LogP contribution in [0.15, 0.2) is 0 Å². The molecular weight excluding hydrogens is 318 g/mol. The molecule has 1 N–H and O–H groups in total. The van der Waals surface area contributed by atoms with Gasteiger partial charge in [0.25, 0.3) is 0 Å². The highest BCUT2D eigenvalue weighted by atomic mass is 16.6. The zero-order valence-electron chi connectivity index (χ0n) is 17.0. The topological polar surface area (TPSA) is 61.9 Å². The van der Waals surface area contributed by atoms with Crippen molar-refractivity contribution in [3.63, 3.8) is 0 Å². The molecule has 1 rings (SSSR count). The summed E-state index contributed by atoms with van der Waals surface area (Å²) in [6, 6.07) is 0. The Morgan fingerprint density at radius 2 is 1.40 bits per heavy atom. The molecule has 0 aromatic rings. The Kier molecular flexibility index (Phi) is 8.51. The lowest BCUT2D eigenvalue weighted by molar-refractivity contribution is -0.156. The van der Waals surface area contributed by atoms with Crippen molar-refractivity contribution in [2.75, 3.05) is 52.4 Å². The van der Waals surface area contributed by atoms with Gasteiger partial charge in [-0.1, -0.05) is 20.8 Å². The average Bonchev–Trinajstić information content (AvgIpc) is 2.48. The third-order valence-corrected chi connectivity index (χ3v) is 3.84. The van der Waals surface area contributed by atoms with Gasteiger partial charge in [0.05, 0.1) is 13.1 Å². The maximum atomic E-state index is 12.3. The summed E-state index contributed by atoms with van der Waals surface area (Å²) in [5.74, 6) is 0.0903. The molecule has 1 heterocycles. The fraction of sp³-hybridized carbons (Fsp3) is 0.895. The van der Waals surface area contributed by atoms with Gasteiger partial charge in [0.2, 0.25) is 0 Å². The number of ketones is 1. The third kappa shape index (κ3) is 11.3. The minimum Gasteiger partial charge on any atom is -0.459 e. The highest BCUT2D eigenvalue weighted by molar-refractivity contribution is 5.81. The molecule has 1 fully saturated rings. The Bertz CT molecular complexity index is 398. The Morgan fingerprint density at radius 1 is 0.880 bits per heavy atom. The maximum Gasteiger partial charge on any atom is 0.320 e. The predicted molar refractivity (Wildman–Crippen MR) is 101 cm³/mol. The van der Waals surface area contributed by atoms with E-state index in [0.717, 1.165) is 39.3 Å². The number of ether oxygens (including phenoxy) is 1. The number of rotatable bonds is 5. The minimum absolute atomic E-state index is 0.0255. The van der Waals surface area contributed by atoms with Crippen molar-refractivity contribution in [1.29, 1.82) is 0 Å². The number of nitrogens with zero attached hydrogens (tertiary/aromatic N) is 2. The Hall–Kier alpha value is -0.980. The number of hydrogen-bond donors (Lipinski definition) is 1. The standard InChI is InChI=1S/C19H37N3O3/c1-18(2,3)13-16(23)14-21-9-7-20-8-10-22(12-11-21)15-17(24)25-19(4,5)6/h20H,7-15H2,1-6H3. The van der Waals surface area contributed by atoms with E-state index in [1.807, 2.05) is 20.8 Å². The van der Waals surface area contributed by atoms with Crippen LogP contribution in [0.3, 0.4) is 0 Å². The molecule has 6 heteroatoms. The van der Waals surface area contributed by atoms with Crippen LogP contribution in [0, 0.1) is 5.41 Å². The first-order valence-electron chi connectivity index (χ1n) is 9.34. The molecule has 0 aliphatic carbocycles. The molecule has 25 heavy (non-hydrogen) atoms. The van der Waals surface area contributed by atoms with Crippen LogP contribution in [0.25, 0.3) is 0 Å². The largest absolute Gasteiger partial charge is 0.459 e. The molecule has 0 aromatic carbocycles. The second-order valence-electron chi connectivity index (χ2n) is 9.16. The number of carbonyl (C=O) groups excluding carboxylic acids is 2. The van der Waals surface area contributed by atoms with Crippen molar-refractivity contribution < 1.29 is 14.3 Å². The van der Waals surface area contributed by atoms with E-state index in [4.69, 9.17) is 4.74 Å². The van der Waals surface area contributed by atoms with Gasteiger partial charge in [-0.25, -0.2) is 0 Å². The van der Waals surface area contributed by atoms with Crippen molar-refractivity contribution in [3.8, 4) is 0 Å². The lowest BCUT2D eigenvalue weighted by atomic mass is 9.90. The molecule has 146 valence electrons. The molecule has 1 saturated heterocycles. The molecule has 6 nitrogen and oxygen atoms in total. The van der Waals surface area contributed by atoms with E-state index >= 15 is 0 Å². The third-order valence-electron chi connectivity index (χ3n) is 3.84. The molecule has 0 amide bonds. The lowest BCUT2D eigenvalue weighted by Gasteiger charge is -2.27. The van der Waals surface area contributed by atoms with E-state index in [1.54, 1.807) is 0 Å². The Balaban J connectivity index is 2.53. The van der Waals surface area contributed by atoms with Crippen LogP contribution >= 0.6 is 0 Å². The zero-order chi connectivity index (χ0) is 19.1. The molecular formula is C19H37N3O3. The molecule has 0 unspecified atom stereocenters. The van der Waals surface area contributed by atoms with Crippen LogP contribution in [0.2, 0.25) is 0 Å². The van der Waals surface area contributed by atoms with Crippen LogP contribution in [0.1, 0.15) is 48.0 Å². The van der Waals surface area contributed by atoms with E-state index in [0.29, 0.717) is 19.5 Å². The van der Waals surface area contributed by atoms with Crippen molar-refractivity contribution in [1.82, 2.24) is 15.1 Å². The lowest BCUT2D eigenvalue weighted by Crippen LogP contribution is -2.42. The highest BCUT2D eigenvalue weighted by Gasteiger charge is 2.22. The van der Waals surface area contributed by atoms with Crippen LogP contribution in [-0.2, 0) is 14.3 Å². The molecule has 0 aromatic heterocycles. The van der Waals surface area contributed by atoms with Gasteiger partial charge in [0.1, 0.15) is 11.4 Å². The van der Waals surface area contributed by atoms with Gasteiger partial charge in [-0.15, -0.1) is 0 Å². The Labute approximate surface area is 153 Å². The minimum atomic E-state index is -0.458. The second kappa shape index (κ2) is 9.64. The van der Waals surface area contributed by atoms with Gasteiger partial charge >= 0.3 is 5.97 Å². The van der Waals surface area contributed by atoms with Gasteiger partial charge < -0.3 is 10.1 Å². The fourth-order valence-electron chi connectivity index (χ4n) is 2.88. The number of nitrogens with one attached hydrogen (secondary N) is 1. The molecule has 1 aliphatic rings. The van der Waals surface area contributed by atoms with Crippen molar-refractivity contribution in [2.24, 2.45) is 5.41 Å². The average molecular weight is 356 g/mol. The van der Waals surface area contributed by atoms with E-state index < -0.39 is 5.60 Å². The van der Waals surface area contributed by atoms with Crippen LogP contribution in [0.5, 0.6) is 0 Å². The number of hydrogen-bond acceptors (Lipinski definition) is 6. The summed E-state index contributed by atoms with van der Waals surface area (Å²) < 4.78 is 5.42. The van der Waals surface area contributed by atoms with Crippen molar-refractivity contribution >= 4 is 11.8 Å². The van der Waals surface area contributed by atoms with Gasteiger partial charge in [-0.2, -0.15) is 0 Å². The van der Waals surface area contributed by atoms with Crippen LogP contribution < -0.4 is 5.32 Å². The van der Waals surface area contributed by atoms with Gasteiger partial charge in [-0.3, -0.25) is 19.4 Å². The summed E-state index contributed by atoms with van der Waals surface area (Å²) in [4.78, 5) is 28.6. The van der Waals surface area contributed by atoms with Gasteiger partial charge in [-0.05, 0) is 26.2 Å². The number of Topliss-reactive ketones (excluding diaryl/α,β-unsaturated/α-hetero) is 1. The first kappa shape index (κ1) is 22.1. The van der Waals surface area contributed by atoms with Crippen LogP contribution in [-0.4, -0.2) is 79.5 Å². The monoisotopic (exact) mass is 355 g/mol. The predicted octanol–water partition coefficient (Wildman–Crippen LogP) is 1.54. The molecule has 0 bridgehead atoms. The quantitative estimate of drug-likeness (QED) is 0.755. The highest BCUT2D eigenvalue weighted by Crippen LogP contribution is 2.18. The number of esters is 1.